The summed E-state index contributed by atoms with van der Waals surface area (Å²) in [7, 11) is 0. The Morgan fingerprint density at radius 3 is 2.64 bits per heavy atom. The van der Waals surface area contributed by atoms with Gasteiger partial charge in [0.05, 0.1) is 0 Å². The second-order valence-electron chi connectivity index (χ2n) is 3.55. The quantitative estimate of drug-likeness (QED) is 0.728. The Hall–Kier alpha value is -1.31. The Balaban J connectivity index is 3.14. The Kier molecular flexibility index (Phi) is 3.69. The number of carbonyl (C=O) groups is 1. The predicted octanol–water partition coefficient (Wildman–Crippen LogP) is 2.82. The Morgan fingerprint density at radius 2 is 2.07 bits per heavy atom. The fraction of sp³-hybridized carbons (Fsp3) is 0.417. The maximum atomic E-state index is 10.4. The topological polar surface area (TPSA) is 29.1 Å². The first-order valence-corrected chi connectivity index (χ1v) is 5.00. The highest BCUT2D eigenvalue weighted by molar-refractivity contribution is 5.74. The number of amides is 1. The van der Waals surface area contributed by atoms with Crippen molar-refractivity contribution in [2.45, 2.75) is 33.6 Å². The van der Waals surface area contributed by atoms with Gasteiger partial charge in [-0.15, -0.1) is 0 Å². The Labute approximate surface area is 85.3 Å². The first-order valence-electron chi connectivity index (χ1n) is 5.00. The van der Waals surface area contributed by atoms with E-state index in [-0.39, 0.29) is 0 Å². The number of aryl methyl sites for hydroxylation is 1. The third kappa shape index (κ3) is 2.13. The highest BCUT2D eigenvalue weighted by Crippen LogP contribution is 2.23. The summed E-state index contributed by atoms with van der Waals surface area (Å²) in [5, 5.41) is 2.75. The molecule has 0 fully saturated rings. The van der Waals surface area contributed by atoms with Crippen LogP contribution in [0.2, 0.25) is 0 Å². The average Bonchev–Trinajstić information content (AvgIpc) is 2.18. The van der Waals surface area contributed by atoms with Crippen molar-refractivity contribution in [1.82, 2.24) is 0 Å². The lowest BCUT2D eigenvalue weighted by molar-refractivity contribution is -0.105. The lowest BCUT2D eigenvalue weighted by Crippen LogP contribution is -2.02. The predicted molar refractivity (Wildman–Crippen MR) is 59.6 cm³/mol. The molecule has 0 bridgehead atoms. The van der Waals surface area contributed by atoms with E-state index in [4.69, 9.17) is 0 Å². The molecule has 1 rings (SSSR count). The summed E-state index contributed by atoms with van der Waals surface area (Å²) in [6, 6.07) is 4.02. The summed E-state index contributed by atoms with van der Waals surface area (Å²) in [6.45, 7) is 6.35. The van der Waals surface area contributed by atoms with Crippen LogP contribution < -0.4 is 5.32 Å². The van der Waals surface area contributed by atoms with Crippen molar-refractivity contribution >= 4 is 12.1 Å². The lowest BCUT2D eigenvalue weighted by Gasteiger charge is -2.13. The summed E-state index contributed by atoms with van der Waals surface area (Å²) >= 11 is 0. The summed E-state index contributed by atoms with van der Waals surface area (Å²) in [5.74, 6) is 0. The van der Waals surface area contributed by atoms with Crippen LogP contribution in [0.4, 0.5) is 5.69 Å². The van der Waals surface area contributed by atoms with Crippen LogP contribution in [0.25, 0.3) is 0 Å². The maximum Gasteiger partial charge on any atom is 0.211 e. The molecular weight excluding hydrogens is 174 g/mol. The molecule has 0 atom stereocenters. The fourth-order valence-corrected chi connectivity index (χ4v) is 1.64. The van der Waals surface area contributed by atoms with Gasteiger partial charge in [-0.25, -0.2) is 0 Å². The van der Waals surface area contributed by atoms with Crippen LogP contribution in [0.15, 0.2) is 12.1 Å². The minimum absolute atomic E-state index is 0.739. The van der Waals surface area contributed by atoms with Gasteiger partial charge in [-0.1, -0.05) is 19.4 Å². The molecule has 1 N–H and O–H groups in total. The van der Waals surface area contributed by atoms with Crippen LogP contribution in [0.1, 0.15) is 30.0 Å². The highest BCUT2D eigenvalue weighted by atomic mass is 16.1. The Bertz CT molecular complexity index is 331. The summed E-state index contributed by atoms with van der Waals surface area (Å²) in [5.41, 5.74) is 4.79. The van der Waals surface area contributed by atoms with Crippen LogP contribution in [0, 0.1) is 13.8 Å². The zero-order valence-corrected chi connectivity index (χ0v) is 9.05. The molecule has 0 aliphatic carbocycles. The number of hydrogen-bond acceptors (Lipinski definition) is 1. The molecule has 0 aliphatic heterocycles. The van der Waals surface area contributed by atoms with E-state index in [2.05, 4.69) is 26.1 Å². The number of anilines is 1. The van der Waals surface area contributed by atoms with Crippen molar-refractivity contribution < 1.29 is 4.79 Å². The van der Waals surface area contributed by atoms with E-state index >= 15 is 0 Å². The van der Waals surface area contributed by atoms with Crippen molar-refractivity contribution in [2.75, 3.05) is 5.32 Å². The van der Waals surface area contributed by atoms with E-state index in [9.17, 15) is 4.79 Å². The van der Waals surface area contributed by atoms with Crippen LogP contribution in [-0.4, -0.2) is 6.41 Å². The first kappa shape index (κ1) is 10.8. The third-order valence-electron chi connectivity index (χ3n) is 2.58. The Morgan fingerprint density at radius 1 is 1.36 bits per heavy atom. The number of benzene rings is 1. The molecule has 0 aromatic heterocycles. The number of nitrogens with one attached hydrogen (secondary N) is 1. The minimum Gasteiger partial charge on any atom is -0.328 e. The fourth-order valence-electron chi connectivity index (χ4n) is 1.64. The van der Waals surface area contributed by atoms with Crippen molar-refractivity contribution in [2.24, 2.45) is 0 Å². The van der Waals surface area contributed by atoms with Gasteiger partial charge in [0.1, 0.15) is 0 Å². The zero-order chi connectivity index (χ0) is 10.6. The molecule has 0 unspecified atom stereocenters. The van der Waals surface area contributed by atoms with E-state index in [1.165, 1.54) is 16.7 Å². The van der Waals surface area contributed by atoms with Gasteiger partial charge in [-0.3, -0.25) is 4.79 Å². The molecule has 2 nitrogen and oxygen atoms in total. The van der Waals surface area contributed by atoms with Crippen LogP contribution in [-0.2, 0) is 11.2 Å². The SMILES string of the molecule is CCCc1c(NC=O)ccc(C)c1C. The van der Waals surface area contributed by atoms with Crippen LogP contribution in [0.5, 0.6) is 0 Å². The van der Waals surface area contributed by atoms with Crippen LogP contribution in [0.3, 0.4) is 0 Å². The molecule has 0 saturated heterocycles. The van der Waals surface area contributed by atoms with E-state index in [0.717, 1.165) is 24.9 Å². The van der Waals surface area contributed by atoms with Gasteiger partial charge in [0.25, 0.3) is 0 Å². The normalized spacial score (nSPS) is 9.93. The second kappa shape index (κ2) is 4.80. The number of rotatable bonds is 4. The summed E-state index contributed by atoms with van der Waals surface area (Å²) in [6.07, 6.45) is 2.85. The number of hydrogen-bond donors (Lipinski definition) is 1. The van der Waals surface area contributed by atoms with Gasteiger partial charge in [-0.05, 0) is 43.0 Å². The third-order valence-corrected chi connectivity index (χ3v) is 2.58. The van der Waals surface area contributed by atoms with Crippen molar-refractivity contribution in [3.05, 3.63) is 28.8 Å². The molecule has 0 spiro atoms. The van der Waals surface area contributed by atoms with E-state index in [0.29, 0.717) is 0 Å². The van der Waals surface area contributed by atoms with Gasteiger partial charge in [0, 0.05) is 5.69 Å². The first-order chi connectivity index (χ1) is 6.70. The van der Waals surface area contributed by atoms with Gasteiger partial charge < -0.3 is 5.32 Å². The molecule has 0 aliphatic rings. The van der Waals surface area contributed by atoms with Gasteiger partial charge in [0.2, 0.25) is 6.41 Å². The van der Waals surface area contributed by atoms with Crippen molar-refractivity contribution in [3.8, 4) is 0 Å². The number of carbonyl (C=O) groups excluding carboxylic acids is 1. The lowest BCUT2D eigenvalue weighted by atomic mass is 9.98. The largest absolute Gasteiger partial charge is 0.328 e. The molecule has 76 valence electrons. The standard InChI is InChI=1S/C12H17NO/c1-4-5-11-10(3)9(2)6-7-12(11)13-8-14/h6-8H,4-5H2,1-3H3,(H,13,14). The molecule has 0 saturated carbocycles. The van der Waals surface area contributed by atoms with E-state index in [1.807, 2.05) is 12.1 Å². The summed E-state index contributed by atoms with van der Waals surface area (Å²) in [4.78, 5) is 10.4. The van der Waals surface area contributed by atoms with Crippen molar-refractivity contribution in [3.63, 3.8) is 0 Å². The molecule has 2 heteroatoms. The maximum absolute atomic E-state index is 10.4. The van der Waals surface area contributed by atoms with E-state index in [1.54, 1.807) is 0 Å². The molecular formula is C12H17NO. The van der Waals surface area contributed by atoms with Gasteiger partial charge in [0.15, 0.2) is 0 Å². The zero-order valence-electron chi connectivity index (χ0n) is 9.05. The highest BCUT2D eigenvalue weighted by Gasteiger charge is 2.06. The smallest absolute Gasteiger partial charge is 0.211 e. The van der Waals surface area contributed by atoms with Gasteiger partial charge in [-0.2, -0.15) is 0 Å². The molecule has 14 heavy (non-hydrogen) atoms. The van der Waals surface area contributed by atoms with Crippen LogP contribution >= 0.6 is 0 Å². The average molecular weight is 191 g/mol. The van der Waals surface area contributed by atoms with Gasteiger partial charge >= 0.3 is 0 Å². The second-order valence-corrected chi connectivity index (χ2v) is 3.55. The molecule has 0 heterocycles. The monoisotopic (exact) mass is 191 g/mol. The molecule has 0 radical (unpaired) electrons. The minimum atomic E-state index is 0.739. The molecule has 1 amide bonds. The van der Waals surface area contributed by atoms with Crippen molar-refractivity contribution in [1.29, 1.82) is 0 Å². The summed E-state index contributed by atoms with van der Waals surface area (Å²) < 4.78 is 0. The van der Waals surface area contributed by atoms with E-state index < -0.39 is 0 Å². The molecule has 1 aromatic carbocycles. The molecule has 1 aromatic rings.